The van der Waals surface area contributed by atoms with Crippen LogP contribution >= 0.6 is 0 Å². The van der Waals surface area contributed by atoms with Gasteiger partial charge in [-0.1, -0.05) is 18.2 Å². The van der Waals surface area contributed by atoms with E-state index in [1.807, 2.05) is 43.5 Å². The molecule has 3 atom stereocenters. The van der Waals surface area contributed by atoms with E-state index >= 15 is 0 Å². The van der Waals surface area contributed by atoms with Crippen LogP contribution in [0.4, 0.5) is 8.78 Å². The zero-order chi connectivity index (χ0) is 21.5. The van der Waals surface area contributed by atoms with E-state index in [1.165, 1.54) is 6.07 Å². The largest absolute Gasteiger partial charge is 0.322 e. The lowest BCUT2D eigenvalue weighted by Crippen LogP contribution is -2.08. The second-order valence-corrected chi connectivity index (χ2v) is 8.29. The number of alkyl halides is 2. The van der Waals surface area contributed by atoms with E-state index in [0.29, 0.717) is 6.54 Å². The van der Waals surface area contributed by atoms with Gasteiger partial charge in [0.1, 0.15) is 12.3 Å². The molecule has 31 heavy (non-hydrogen) atoms. The summed E-state index contributed by atoms with van der Waals surface area (Å²) in [6, 6.07) is 13.1. The number of fused-ring (bicyclic) bond motifs is 1. The topological polar surface area (TPSA) is 63.6 Å². The number of benzene rings is 1. The highest BCUT2D eigenvalue weighted by molar-refractivity contribution is 5.87. The van der Waals surface area contributed by atoms with Crippen LogP contribution in [0, 0.1) is 12.8 Å². The maximum atomic E-state index is 13.5. The standard InChI is InChI=1S/C24H22F2N4O/c1-14-2-6-19(18-11-27-30(13-18)12-15-8-20(25)21(26)9-15)24(28-14)17-4-3-16-5-7-23(31)29-22(16)10-17/h2-7,10-11,13,15,20-21H,8-9,12H2,1H3,(H,29,31)/t15?,20-,21+. The summed E-state index contributed by atoms with van der Waals surface area (Å²) in [7, 11) is 0. The van der Waals surface area contributed by atoms with Gasteiger partial charge in [0, 0.05) is 46.7 Å². The summed E-state index contributed by atoms with van der Waals surface area (Å²) < 4.78 is 28.8. The maximum absolute atomic E-state index is 13.5. The highest BCUT2D eigenvalue weighted by Gasteiger charge is 2.34. The highest BCUT2D eigenvalue weighted by Crippen LogP contribution is 2.34. The van der Waals surface area contributed by atoms with Gasteiger partial charge < -0.3 is 4.98 Å². The van der Waals surface area contributed by atoms with Crippen LogP contribution in [0.2, 0.25) is 0 Å². The number of nitrogens with zero attached hydrogens (tertiary/aromatic N) is 3. The van der Waals surface area contributed by atoms with Gasteiger partial charge in [0.15, 0.2) is 0 Å². The zero-order valence-corrected chi connectivity index (χ0v) is 17.1. The molecule has 1 aliphatic carbocycles. The molecule has 0 spiro atoms. The average Bonchev–Trinajstić information content (AvgIpc) is 3.33. The molecule has 1 saturated carbocycles. The Morgan fingerprint density at radius 1 is 1.06 bits per heavy atom. The monoisotopic (exact) mass is 420 g/mol. The fourth-order valence-corrected chi connectivity index (χ4v) is 4.35. The first-order chi connectivity index (χ1) is 15.0. The summed E-state index contributed by atoms with van der Waals surface area (Å²) >= 11 is 0. The summed E-state index contributed by atoms with van der Waals surface area (Å²) in [5, 5.41) is 5.37. The maximum Gasteiger partial charge on any atom is 0.248 e. The number of nitrogens with one attached hydrogen (secondary N) is 1. The molecule has 0 amide bonds. The van der Waals surface area contributed by atoms with Crippen molar-refractivity contribution in [3.8, 4) is 22.4 Å². The van der Waals surface area contributed by atoms with Crippen molar-refractivity contribution in [3.63, 3.8) is 0 Å². The molecule has 3 aromatic heterocycles. The normalized spacial score (nSPS) is 21.1. The third-order valence-electron chi connectivity index (χ3n) is 5.93. The van der Waals surface area contributed by atoms with Crippen LogP contribution in [0.1, 0.15) is 18.5 Å². The molecule has 0 radical (unpaired) electrons. The van der Waals surface area contributed by atoms with Crippen molar-refractivity contribution >= 4 is 10.9 Å². The number of hydrogen-bond donors (Lipinski definition) is 1. The van der Waals surface area contributed by atoms with Crippen LogP contribution in [0.15, 0.2) is 59.7 Å². The molecular formula is C24H22F2N4O. The van der Waals surface area contributed by atoms with E-state index in [2.05, 4.69) is 10.1 Å². The van der Waals surface area contributed by atoms with Crippen molar-refractivity contribution in [2.45, 2.75) is 38.7 Å². The molecule has 0 bridgehead atoms. The van der Waals surface area contributed by atoms with Crippen molar-refractivity contribution in [2.75, 3.05) is 0 Å². The van der Waals surface area contributed by atoms with Gasteiger partial charge in [-0.05, 0) is 49.3 Å². The smallest absolute Gasteiger partial charge is 0.248 e. The summed E-state index contributed by atoms with van der Waals surface area (Å²) in [5.41, 5.74) is 4.95. The number of aryl methyl sites for hydroxylation is 1. The first-order valence-corrected chi connectivity index (χ1v) is 10.4. The van der Waals surface area contributed by atoms with E-state index in [4.69, 9.17) is 4.98 Å². The number of rotatable bonds is 4. The van der Waals surface area contributed by atoms with Crippen LogP contribution in [0.5, 0.6) is 0 Å². The Labute approximate surface area is 177 Å². The first-order valence-electron chi connectivity index (χ1n) is 10.4. The molecule has 4 aromatic rings. The van der Waals surface area contributed by atoms with Crippen LogP contribution in [0.3, 0.4) is 0 Å². The zero-order valence-electron chi connectivity index (χ0n) is 17.1. The molecule has 0 aliphatic heterocycles. The third kappa shape index (κ3) is 3.87. The van der Waals surface area contributed by atoms with Crippen molar-refractivity contribution < 1.29 is 8.78 Å². The minimum Gasteiger partial charge on any atom is -0.322 e. The van der Waals surface area contributed by atoms with Crippen LogP contribution in [0.25, 0.3) is 33.3 Å². The van der Waals surface area contributed by atoms with Crippen LogP contribution in [-0.2, 0) is 6.54 Å². The Bertz CT molecular complexity index is 1300. The van der Waals surface area contributed by atoms with E-state index in [1.54, 1.807) is 16.9 Å². The molecule has 1 unspecified atom stereocenters. The van der Waals surface area contributed by atoms with Crippen molar-refractivity contribution in [3.05, 3.63) is 70.9 Å². The van der Waals surface area contributed by atoms with E-state index in [0.717, 1.165) is 39.0 Å². The molecule has 1 aliphatic rings. The number of aromatic amines is 1. The van der Waals surface area contributed by atoms with Crippen LogP contribution < -0.4 is 5.56 Å². The molecule has 1 fully saturated rings. The van der Waals surface area contributed by atoms with E-state index < -0.39 is 12.3 Å². The Hall–Kier alpha value is -3.35. The molecule has 158 valence electrons. The van der Waals surface area contributed by atoms with Gasteiger partial charge in [-0.15, -0.1) is 0 Å². The van der Waals surface area contributed by atoms with Crippen molar-refractivity contribution in [1.82, 2.24) is 19.7 Å². The number of H-pyrrole nitrogens is 1. The molecule has 5 rings (SSSR count). The Morgan fingerprint density at radius 3 is 2.65 bits per heavy atom. The minimum atomic E-state index is -1.37. The van der Waals surface area contributed by atoms with E-state index in [9.17, 15) is 13.6 Å². The number of aromatic nitrogens is 4. The highest BCUT2D eigenvalue weighted by atomic mass is 19.2. The lowest BCUT2D eigenvalue weighted by Gasteiger charge is -2.10. The number of halogens is 2. The molecule has 1 aromatic carbocycles. The summed E-state index contributed by atoms with van der Waals surface area (Å²) in [6.45, 7) is 2.42. The molecule has 1 N–H and O–H groups in total. The lowest BCUT2D eigenvalue weighted by molar-refractivity contribution is 0.199. The van der Waals surface area contributed by atoms with Gasteiger partial charge in [0.2, 0.25) is 5.56 Å². The van der Waals surface area contributed by atoms with Gasteiger partial charge >= 0.3 is 0 Å². The molecule has 3 heterocycles. The second kappa shape index (κ2) is 7.72. The number of hydrogen-bond acceptors (Lipinski definition) is 3. The van der Waals surface area contributed by atoms with E-state index in [-0.39, 0.29) is 24.3 Å². The fraction of sp³-hybridized carbons (Fsp3) is 0.292. The van der Waals surface area contributed by atoms with Gasteiger partial charge in [-0.3, -0.25) is 14.5 Å². The van der Waals surface area contributed by atoms with Gasteiger partial charge in [0.05, 0.1) is 11.9 Å². The molecule has 7 heteroatoms. The predicted molar refractivity (Wildman–Crippen MR) is 116 cm³/mol. The van der Waals surface area contributed by atoms with Crippen molar-refractivity contribution in [2.24, 2.45) is 5.92 Å². The quantitative estimate of drug-likeness (QED) is 0.513. The minimum absolute atomic E-state index is 0.0503. The van der Waals surface area contributed by atoms with Crippen LogP contribution in [-0.4, -0.2) is 32.1 Å². The molecule has 0 saturated heterocycles. The third-order valence-corrected chi connectivity index (χ3v) is 5.93. The Morgan fingerprint density at radius 2 is 1.84 bits per heavy atom. The fourth-order valence-electron chi connectivity index (χ4n) is 4.35. The van der Waals surface area contributed by atoms with Crippen molar-refractivity contribution in [1.29, 1.82) is 0 Å². The van der Waals surface area contributed by atoms with Gasteiger partial charge in [0.25, 0.3) is 0 Å². The summed E-state index contributed by atoms with van der Waals surface area (Å²) in [4.78, 5) is 19.3. The second-order valence-electron chi connectivity index (χ2n) is 8.29. The molecule has 5 nitrogen and oxygen atoms in total. The first kappa shape index (κ1) is 19.6. The average molecular weight is 420 g/mol. The summed E-state index contributed by atoms with van der Waals surface area (Å²) in [5.74, 6) is -0.0503. The Kier molecular flexibility index (Phi) is 4.88. The SMILES string of the molecule is Cc1ccc(-c2cnn(CC3C[C@@H](F)[C@@H](F)C3)c2)c(-c2ccc3ccc(=O)[nH]c3c2)n1. The van der Waals surface area contributed by atoms with Gasteiger partial charge in [-0.25, -0.2) is 8.78 Å². The summed E-state index contributed by atoms with van der Waals surface area (Å²) in [6.07, 6.45) is 1.40. The van der Waals surface area contributed by atoms with Gasteiger partial charge in [-0.2, -0.15) is 5.10 Å². The lowest BCUT2D eigenvalue weighted by atomic mass is 10.00. The number of pyridine rings is 2. The molecular weight excluding hydrogens is 398 g/mol. The predicted octanol–water partition coefficient (Wildman–Crippen LogP) is 4.85. The Balaban J connectivity index is 1.50.